The highest BCUT2D eigenvalue weighted by molar-refractivity contribution is 6.14. The van der Waals surface area contributed by atoms with E-state index in [4.69, 9.17) is 22.1 Å². The molecule has 0 fully saturated rings. The Morgan fingerprint density at radius 2 is 0.838 bits per heavy atom. The molecule has 13 aromatic rings. The molecule has 13 rings (SSSR count). The van der Waals surface area contributed by atoms with Gasteiger partial charge in [-0.2, -0.15) is 0 Å². The number of para-hydroxylation sites is 3. The van der Waals surface area contributed by atoms with E-state index in [1.807, 2.05) is 132 Å². The van der Waals surface area contributed by atoms with Crippen LogP contribution in [0.5, 0.6) is 0 Å². The van der Waals surface area contributed by atoms with Crippen molar-refractivity contribution in [3.8, 4) is 84.4 Å². The molecule has 0 spiro atoms. The predicted octanol–water partition coefficient (Wildman–Crippen LogP) is 16.5. The summed E-state index contributed by atoms with van der Waals surface area (Å²) in [5.41, 5.74) is 14.1. The third kappa shape index (κ3) is 6.84. The number of aromatic nitrogens is 4. The number of fused-ring (bicyclic) bond motifs is 6. The Labute approximate surface area is 398 Å². The van der Waals surface area contributed by atoms with E-state index in [-0.39, 0.29) is 24.2 Å². The summed E-state index contributed by atoms with van der Waals surface area (Å²) in [6, 6.07) is 72.8. The summed E-state index contributed by atoms with van der Waals surface area (Å²) in [4.78, 5) is 15.6. The van der Waals surface area contributed by atoms with Crippen LogP contribution in [0, 0.1) is 0 Å². The van der Waals surface area contributed by atoms with Gasteiger partial charge in [-0.25, -0.2) is 15.0 Å². The van der Waals surface area contributed by atoms with Crippen LogP contribution in [0.15, 0.2) is 247 Å². The van der Waals surface area contributed by atoms with Crippen molar-refractivity contribution in [2.24, 2.45) is 0 Å². The molecule has 0 atom stereocenters. The van der Waals surface area contributed by atoms with Gasteiger partial charge in [0.25, 0.3) is 0 Å². The topological polar surface area (TPSA) is 56.7 Å². The molecule has 0 bridgehead atoms. The van der Waals surface area contributed by atoms with Gasteiger partial charge in [-0.1, -0.05) is 212 Å². The van der Waals surface area contributed by atoms with Crippen LogP contribution >= 0.6 is 0 Å². The molecule has 0 aliphatic carbocycles. The van der Waals surface area contributed by atoms with Crippen molar-refractivity contribution in [3.05, 3.63) is 243 Å². The molecule has 0 saturated heterocycles. The van der Waals surface area contributed by atoms with Crippen LogP contribution in [0.1, 0.15) is 5.48 Å². The minimum atomic E-state index is -0.303. The van der Waals surface area contributed by atoms with Crippen LogP contribution in [0.25, 0.3) is 128 Å². The lowest BCUT2D eigenvalue weighted by atomic mass is 9.97. The molecule has 0 N–H and O–H groups in total. The van der Waals surface area contributed by atoms with E-state index in [0.29, 0.717) is 45.0 Å². The first kappa shape index (κ1) is 35.1. The van der Waals surface area contributed by atoms with Gasteiger partial charge < -0.3 is 8.98 Å². The highest BCUT2D eigenvalue weighted by Gasteiger charge is 2.20. The Kier molecular flexibility index (Phi) is 8.45. The summed E-state index contributed by atoms with van der Waals surface area (Å²) in [6.07, 6.45) is 0. The van der Waals surface area contributed by atoms with Gasteiger partial charge in [0, 0.05) is 49.5 Å². The Morgan fingerprint density at radius 1 is 0.353 bits per heavy atom. The monoisotopic (exact) mass is 872 g/mol. The lowest BCUT2D eigenvalue weighted by molar-refractivity contribution is 0.669. The summed E-state index contributed by atoms with van der Waals surface area (Å²) >= 11 is 0. The highest BCUT2D eigenvalue weighted by Crippen LogP contribution is 2.41. The molecule has 0 radical (unpaired) electrons. The molecule has 318 valence electrons. The van der Waals surface area contributed by atoms with E-state index in [9.17, 15) is 2.74 Å². The molecule has 0 amide bonds. The van der Waals surface area contributed by atoms with Gasteiger partial charge in [0.1, 0.15) is 11.2 Å². The first-order valence-corrected chi connectivity index (χ1v) is 22.6. The van der Waals surface area contributed by atoms with Gasteiger partial charge in [0.2, 0.25) is 0 Å². The summed E-state index contributed by atoms with van der Waals surface area (Å²) in [5.74, 6) is 1.41. The second-order valence-corrected chi connectivity index (χ2v) is 16.9. The molecular formula is C63H40N4O. The molecule has 0 aliphatic rings. The van der Waals surface area contributed by atoms with Crippen molar-refractivity contribution in [1.82, 2.24) is 19.5 Å². The van der Waals surface area contributed by atoms with Gasteiger partial charge in [-0.3, -0.25) is 0 Å². The third-order valence-corrected chi connectivity index (χ3v) is 12.8. The summed E-state index contributed by atoms with van der Waals surface area (Å²) in [6.45, 7) is 0. The maximum Gasteiger partial charge on any atom is 0.164 e. The fourth-order valence-corrected chi connectivity index (χ4v) is 9.53. The number of furan rings is 1. The molecule has 0 unspecified atom stereocenters. The zero-order valence-electron chi connectivity index (χ0n) is 40.5. The van der Waals surface area contributed by atoms with E-state index >= 15 is 0 Å². The molecular weight excluding hydrogens is 829 g/mol. The number of rotatable bonds is 8. The van der Waals surface area contributed by atoms with E-state index in [1.165, 1.54) is 5.56 Å². The Morgan fingerprint density at radius 3 is 1.53 bits per heavy atom. The summed E-state index contributed by atoms with van der Waals surface area (Å²) in [5, 5.41) is 3.03. The Hall–Kier alpha value is -9.19. The Balaban J connectivity index is 0.981. The molecule has 3 heterocycles. The molecule has 0 aliphatic heterocycles. The van der Waals surface area contributed by atoms with Crippen molar-refractivity contribution in [2.75, 3.05) is 0 Å². The lowest BCUT2D eigenvalue weighted by Gasteiger charge is -2.14. The van der Waals surface area contributed by atoms with E-state index < -0.39 is 0 Å². The van der Waals surface area contributed by atoms with E-state index in [1.54, 1.807) is 0 Å². The van der Waals surface area contributed by atoms with Crippen molar-refractivity contribution in [2.45, 2.75) is 0 Å². The first-order valence-electron chi connectivity index (χ1n) is 24.6. The molecule has 3 aromatic heterocycles. The fraction of sp³-hybridized carbons (Fsp3) is 0. The number of benzene rings is 10. The molecule has 10 aromatic carbocycles. The summed E-state index contributed by atoms with van der Waals surface area (Å²) < 4.78 is 44.6. The van der Waals surface area contributed by atoms with Gasteiger partial charge in [0.15, 0.2) is 17.5 Å². The van der Waals surface area contributed by atoms with Crippen LogP contribution in [-0.2, 0) is 0 Å². The number of hydrogen-bond donors (Lipinski definition) is 0. The fourth-order valence-electron chi connectivity index (χ4n) is 9.53. The average molecular weight is 873 g/mol. The average Bonchev–Trinajstić information content (AvgIpc) is 4.01. The molecule has 0 saturated carbocycles. The minimum Gasteiger partial charge on any atom is -0.456 e. The van der Waals surface area contributed by atoms with Crippen LogP contribution < -0.4 is 0 Å². The van der Waals surface area contributed by atoms with Gasteiger partial charge in [-0.15, -0.1) is 0 Å². The van der Waals surface area contributed by atoms with Gasteiger partial charge in [0.05, 0.1) is 16.5 Å². The van der Waals surface area contributed by atoms with Crippen molar-refractivity contribution >= 4 is 43.7 Å². The predicted molar refractivity (Wildman–Crippen MR) is 279 cm³/mol. The van der Waals surface area contributed by atoms with Crippen LogP contribution in [0.2, 0.25) is 0 Å². The van der Waals surface area contributed by atoms with Crippen molar-refractivity contribution < 1.29 is 9.90 Å². The van der Waals surface area contributed by atoms with Crippen molar-refractivity contribution in [1.29, 1.82) is 0 Å². The largest absolute Gasteiger partial charge is 0.456 e. The van der Waals surface area contributed by atoms with Gasteiger partial charge >= 0.3 is 0 Å². The highest BCUT2D eigenvalue weighted by atomic mass is 16.3. The second kappa shape index (κ2) is 16.4. The maximum atomic E-state index is 9.41. The zero-order valence-corrected chi connectivity index (χ0v) is 36.5. The van der Waals surface area contributed by atoms with Gasteiger partial charge in [-0.05, 0) is 69.3 Å². The first-order chi connectivity index (χ1) is 35.4. The normalized spacial score (nSPS) is 12.4. The molecule has 68 heavy (non-hydrogen) atoms. The number of nitrogens with zero attached hydrogens (tertiary/aromatic N) is 4. The minimum absolute atomic E-state index is 0.0941. The number of hydrogen-bond acceptors (Lipinski definition) is 4. The van der Waals surface area contributed by atoms with E-state index in [2.05, 4.69) is 91.0 Å². The smallest absolute Gasteiger partial charge is 0.164 e. The van der Waals surface area contributed by atoms with E-state index in [0.717, 1.165) is 77.5 Å². The quantitative estimate of drug-likeness (QED) is 0.153. The molecule has 5 heteroatoms. The Bertz CT molecular complexity index is 4230. The van der Waals surface area contributed by atoms with Crippen LogP contribution in [0.4, 0.5) is 0 Å². The van der Waals surface area contributed by atoms with Crippen LogP contribution in [0.3, 0.4) is 0 Å². The SMILES string of the molecule is [2H]c1c([2H])c([2H])c2c(c1[2H])c1cccc(-c3ccc(-c4ccc(-c5ccccc5)cc4)cc3)c1n2-c1cccc(-c2nc(-c3ccc(-c4ccccc4)cc3)nc(-c3cccc4oc5ccccc5c34)n2)c1. The maximum absolute atomic E-state index is 9.41. The third-order valence-electron chi connectivity index (χ3n) is 12.8. The van der Waals surface area contributed by atoms with Crippen LogP contribution in [-0.4, -0.2) is 19.5 Å². The molecule has 5 nitrogen and oxygen atoms in total. The second-order valence-electron chi connectivity index (χ2n) is 16.9. The summed E-state index contributed by atoms with van der Waals surface area (Å²) in [7, 11) is 0. The lowest BCUT2D eigenvalue weighted by Crippen LogP contribution is -2.01. The zero-order chi connectivity index (χ0) is 48.5. The van der Waals surface area contributed by atoms with Crippen molar-refractivity contribution in [3.63, 3.8) is 0 Å². The standard InChI is InChI=1S/C63H40N4O/c1-3-14-41(15-4-1)43-28-30-45(31-29-43)46-32-36-47(37-33-46)51-22-12-23-53-52-20-7-9-25-56(52)67(60(51)53)50-19-11-18-49(40-50)62-64-61(48-38-34-44(35-39-48)42-16-5-2-6-17-42)65-63(66-62)55-24-13-27-58-59(55)54-21-8-10-26-57(54)68-58/h1-40H/i7D,9D,20D,25D.